The second kappa shape index (κ2) is 14.2. The van der Waals surface area contributed by atoms with Gasteiger partial charge in [0.15, 0.2) is 5.96 Å². The smallest absolute Gasteiger partial charge is 0.191 e. The van der Waals surface area contributed by atoms with Gasteiger partial charge in [-0.2, -0.15) is 0 Å². The Morgan fingerprint density at radius 2 is 2.03 bits per heavy atom. The number of hydrogen-bond donors (Lipinski definition) is 2. The number of hydrogen-bond acceptors (Lipinski definition) is 3. The van der Waals surface area contributed by atoms with Crippen LogP contribution in [0.1, 0.15) is 64.9 Å². The molecular formula is C22H38IN3O2S. The van der Waals surface area contributed by atoms with Crippen molar-refractivity contribution in [3.05, 3.63) is 29.8 Å². The lowest BCUT2D eigenvalue weighted by Crippen LogP contribution is -2.46. The first-order chi connectivity index (χ1) is 13.5. The molecule has 5 nitrogen and oxygen atoms in total. The van der Waals surface area contributed by atoms with E-state index in [4.69, 9.17) is 4.74 Å². The number of rotatable bonds is 9. The SMILES string of the molecule is CCNC(=NCCOc1ccccc1C(C)C)NC1CCCC(S(=O)CC)C1.I. The minimum absolute atomic E-state index is 0. The third-order valence-electron chi connectivity index (χ3n) is 5.13. The summed E-state index contributed by atoms with van der Waals surface area (Å²) >= 11 is 0. The minimum Gasteiger partial charge on any atom is -0.491 e. The van der Waals surface area contributed by atoms with Crippen LogP contribution in [-0.2, 0) is 10.8 Å². The summed E-state index contributed by atoms with van der Waals surface area (Å²) in [6, 6.07) is 8.55. The summed E-state index contributed by atoms with van der Waals surface area (Å²) in [5.41, 5.74) is 1.23. The Morgan fingerprint density at radius 3 is 2.72 bits per heavy atom. The van der Waals surface area contributed by atoms with Crippen LogP contribution in [0.15, 0.2) is 29.3 Å². The lowest BCUT2D eigenvalue weighted by Gasteiger charge is -2.30. The van der Waals surface area contributed by atoms with Crippen LogP contribution >= 0.6 is 24.0 Å². The number of nitrogens with one attached hydrogen (secondary N) is 2. The highest BCUT2D eigenvalue weighted by molar-refractivity contribution is 14.0. The molecule has 0 bridgehead atoms. The molecule has 2 rings (SSSR count). The highest BCUT2D eigenvalue weighted by Gasteiger charge is 2.26. The summed E-state index contributed by atoms with van der Waals surface area (Å²) < 4.78 is 18.1. The standard InChI is InChI=1S/C22H37N3O2S.HI/c1-5-23-22(25-18-10-9-11-19(16-18)28(26)6-2)24-14-15-27-21-13-8-7-12-20(21)17(3)4;/h7-8,12-13,17-19H,5-6,9-11,14-16H2,1-4H3,(H2,23,24,25);1H. The first-order valence-corrected chi connectivity index (χ1v) is 12.1. The molecule has 3 atom stereocenters. The van der Waals surface area contributed by atoms with Crippen LogP contribution in [0.25, 0.3) is 0 Å². The lowest BCUT2D eigenvalue weighted by atomic mass is 9.95. The van der Waals surface area contributed by atoms with Gasteiger partial charge in [0.2, 0.25) is 0 Å². The van der Waals surface area contributed by atoms with Gasteiger partial charge in [0, 0.05) is 34.4 Å². The highest BCUT2D eigenvalue weighted by atomic mass is 127. The van der Waals surface area contributed by atoms with Crippen molar-refractivity contribution in [2.45, 2.75) is 70.6 Å². The van der Waals surface area contributed by atoms with Crippen molar-refractivity contribution in [2.75, 3.05) is 25.4 Å². The fourth-order valence-electron chi connectivity index (χ4n) is 3.67. The van der Waals surface area contributed by atoms with Crippen molar-refractivity contribution < 1.29 is 8.95 Å². The van der Waals surface area contributed by atoms with E-state index in [1.165, 1.54) is 5.56 Å². The van der Waals surface area contributed by atoms with Crippen molar-refractivity contribution in [2.24, 2.45) is 4.99 Å². The molecule has 3 unspecified atom stereocenters. The van der Waals surface area contributed by atoms with Gasteiger partial charge in [-0.25, -0.2) is 4.99 Å². The van der Waals surface area contributed by atoms with E-state index in [9.17, 15) is 4.21 Å². The van der Waals surface area contributed by atoms with Crippen molar-refractivity contribution in [3.8, 4) is 5.75 Å². The van der Waals surface area contributed by atoms with E-state index in [-0.39, 0.29) is 24.0 Å². The van der Waals surface area contributed by atoms with E-state index in [0.717, 1.165) is 49.7 Å². The lowest BCUT2D eigenvalue weighted by molar-refractivity contribution is 0.323. The van der Waals surface area contributed by atoms with Crippen LogP contribution in [0.2, 0.25) is 0 Å². The molecule has 0 saturated heterocycles. The Balaban J connectivity index is 0.00000420. The maximum Gasteiger partial charge on any atom is 0.191 e. The molecule has 0 aromatic heterocycles. The van der Waals surface area contributed by atoms with Crippen molar-refractivity contribution >= 4 is 40.7 Å². The van der Waals surface area contributed by atoms with Gasteiger partial charge in [0.1, 0.15) is 12.4 Å². The Kier molecular flexibility index (Phi) is 12.9. The van der Waals surface area contributed by atoms with Crippen LogP contribution in [0, 0.1) is 0 Å². The number of aliphatic imine (C=N–C) groups is 1. The van der Waals surface area contributed by atoms with E-state index in [1.54, 1.807) is 0 Å². The van der Waals surface area contributed by atoms with Gasteiger partial charge in [-0.15, -0.1) is 24.0 Å². The molecule has 1 fully saturated rings. The molecule has 166 valence electrons. The van der Waals surface area contributed by atoms with Gasteiger partial charge in [-0.05, 0) is 43.7 Å². The molecule has 1 saturated carbocycles. The van der Waals surface area contributed by atoms with E-state index in [2.05, 4.69) is 48.5 Å². The number of ether oxygens (including phenoxy) is 1. The number of nitrogens with zero attached hydrogens (tertiary/aromatic N) is 1. The van der Waals surface area contributed by atoms with Crippen LogP contribution in [0.3, 0.4) is 0 Å². The van der Waals surface area contributed by atoms with E-state index in [1.807, 2.05) is 19.1 Å². The Hall–Kier alpha value is -0.830. The molecule has 2 N–H and O–H groups in total. The molecular weight excluding hydrogens is 497 g/mol. The summed E-state index contributed by atoms with van der Waals surface area (Å²) in [6.45, 7) is 10.4. The summed E-state index contributed by atoms with van der Waals surface area (Å²) in [6.07, 6.45) is 4.28. The van der Waals surface area contributed by atoms with Crippen molar-refractivity contribution in [1.29, 1.82) is 0 Å². The Bertz CT molecular complexity index is 655. The van der Waals surface area contributed by atoms with Crippen LogP contribution in [-0.4, -0.2) is 46.9 Å². The Morgan fingerprint density at radius 1 is 1.28 bits per heavy atom. The van der Waals surface area contributed by atoms with Crippen LogP contribution < -0.4 is 15.4 Å². The number of para-hydroxylation sites is 1. The maximum absolute atomic E-state index is 12.2. The van der Waals surface area contributed by atoms with Crippen molar-refractivity contribution in [1.82, 2.24) is 10.6 Å². The number of guanidine groups is 1. The predicted molar refractivity (Wildman–Crippen MR) is 135 cm³/mol. The molecule has 1 aromatic carbocycles. The normalized spacial score (nSPS) is 20.7. The second-order valence-electron chi connectivity index (χ2n) is 7.60. The van der Waals surface area contributed by atoms with Gasteiger partial charge >= 0.3 is 0 Å². The summed E-state index contributed by atoms with van der Waals surface area (Å²) in [5, 5.41) is 7.18. The van der Waals surface area contributed by atoms with Crippen LogP contribution in [0.5, 0.6) is 5.75 Å². The van der Waals surface area contributed by atoms with Gasteiger partial charge in [-0.3, -0.25) is 4.21 Å². The zero-order chi connectivity index (χ0) is 20.4. The van der Waals surface area contributed by atoms with Gasteiger partial charge in [0.05, 0.1) is 6.54 Å². The van der Waals surface area contributed by atoms with E-state index >= 15 is 0 Å². The average molecular weight is 536 g/mol. The first-order valence-electron chi connectivity index (χ1n) is 10.7. The summed E-state index contributed by atoms with van der Waals surface area (Å²) in [7, 11) is -0.707. The average Bonchev–Trinajstić information content (AvgIpc) is 2.71. The molecule has 0 aliphatic heterocycles. The van der Waals surface area contributed by atoms with Gasteiger partial charge in [0.25, 0.3) is 0 Å². The molecule has 29 heavy (non-hydrogen) atoms. The molecule has 0 heterocycles. The van der Waals surface area contributed by atoms with Crippen molar-refractivity contribution in [3.63, 3.8) is 0 Å². The zero-order valence-corrected chi connectivity index (χ0v) is 21.4. The topological polar surface area (TPSA) is 62.7 Å². The minimum atomic E-state index is -0.707. The Labute approximate surface area is 196 Å². The fraction of sp³-hybridized carbons (Fsp3) is 0.682. The molecule has 0 amide bonds. The largest absolute Gasteiger partial charge is 0.491 e. The summed E-state index contributed by atoms with van der Waals surface area (Å²) in [5.74, 6) is 2.96. The molecule has 0 spiro atoms. The third kappa shape index (κ3) is 8.82. The van der Waals surface area contributed by atoms with E-state index in [0.29, 0.717) is 30.4 Å². The van der Waals surface area contributed by atoms with Gasteiger partial charge < -0.3 is 15.4 Å². The van der Waals surface area contributed by atoms with Gasteiger partial charge in [-0.1, -0.05) is 45.4 Å². The van der Waals surface area contributed by atoms with E-state index < -0.39 is 10.8 Å². The fourth-order valence-corrected chi connectivity index (χ4v) is 5.01. The molecule has 1 aliphatic rings. The molecule has 1 aliphatic carbocycles. The molecule has 0 radical (unpaired) electrons. The first kappa shape index (κ1) is 26.2. The third-order valence-corrected chi connectivity index (χ3v) is 6.87. The second-order valence-corrected chi connectivity index (χ2v) is 9.61. The maximum atomic E-state index is 12.2. The predicted octanol–water partition coefficient (Wildman–Crippen LogP) is 4.44. The number of halogens is 1. The monoisotopic (exact) mass is 535 g/mol. The quantitative estimate of drug-likeness (QED) is 0.213. The summed E-state index contributed by atoms with van der Waals surface area (Å²) in [4.78, 5) is 4.68. The molecule has 1 aromatic rings. The van der Waals surface area contributed by atoms with Crippen LogP contribution in [0.4, 0.5) is 0 Å². The highest BCUT2D eigenvalue weighted by Crippen LogP contribution is 2.25. The zero-order valence-electron chi connectivity index (χ0n) is 18.3. The molecule has 7 heteroatoms. The number of benzene rings is 1.